The second-order valence-corrected chi connectivity index (χ2v) is 11.0. The van der Waals surface area contributed by atoms with Crippen LogP contribution in [0.3, 0.4) is 0 Å². The number of rotatable bonds is 4. The van der Waals surface area contributed by atoms with Gasteiger partial charge in [0.15, 0.2) is 0 Å². The average Bonchev–Trinajstić information content (AvgIpc) is 3.26. The molecule has 35 heavy (non-hydrogen) atoms. The molecular weight excluding hydrogens is 438 g/mol. The van der Waals surface area contributed by atoms with Crippen LogP contribution in [0.5, 0.6) is 0 Å². The van der Waals surface area contributed by atoms with Gasteiger partial charge in [0.25, 0.3) is 0 Å². The van der Waals surface area contributed by atoms with Gasteiger partial charge in [-0.1, -0.05) is 6.07 Å². The van der Waals surface area contributed by atoms with E-state index in [1.165, 1.54) is 11.1 Å². The van der Waals surface area contributed by atoms with Crippen molar-refractivity contribution in [2.75, 3.05) is 19.6 Å². The first kappa shape index (κ1) is 22.9. The van der Waals surface area contributed by atoms with Crippen molar-refractivity contribution in [3.8, 4) is 0 Å². The zero-order valence-corrected chi connectivity index (χ0v) is 20.8. The Morgan fingerprint density at radius 1 is 1.03 bits per heavy atom. The molecule has 6 atom stereocenters. The molecule has 186 valence electrons. The summed E-state index contributed by atoms with van der Waals surface area (Å²) in [6.45, 7) is 7.87. The van der Waals surface area contributed by atoms with Crippen molar-refractivity contribution >= 4 is 6.03 Å². The Bertz CT molecular complexity index is 1060. The van der Waals surface area contributed by atoms with Gasteiger partial charge in [-0.2, -0.15) is 0 Å². The molecule has 3 N–H and O–H groups in total. The summed E-state index contributed by atoms with van der Waals surface area (Å²) >= 11 is 0. The van der Waals surface area contributed by atoms with Crippen LogP contribution in [0.1, 0.15) is 54.2 Å². The predicted molar refractivity (Wildman–Crippen MR) is 134 cm³/mol. The van der Waals surface area contributed by atoms with Crippen LogP contribution < -0.4 is 16.2 Å². The van der Waals surface area contributed by atoms with Crippen molar-refractivity contribution in [2.45, 2.75) is 70.2 Å². The molecule has 0 bridgehead atoms. The van der Waals surface area contributed by atoms with E-state index in [1.54, 1.807) is 0 Å². The third-order valence-corrected chi connectivity index (χ3v) is 8.60. The molecule has 0 radical (unpaired) electrons. The molecule has 2 aromatic rings. The summed E-state index contributed by atoms with van der Waals surface area (Å²) in [5, 5.41) is 3.39. The second kappa shape index (κ2) is 9.48. The van der Waals surface area contributed by atoms with E-state index in [2.05, 4.69) is 67.1 Å². The molecule has 8 heteroatoms. The number of nitrogens with one attached hydrogen (secondary N) is 3. The maximum atomic E-state index is 13.2. The Labute approximate surface area is 207 Å². The van der Waals surface area contributed by atoms with E-state index in [4.69, 9.17) is 0 Å². The molecule has 0 spiro atoms. The number of pyridine rings is 2. The number of amides is 2. The average molecular weight is 476 g/mol. The van der Waals surface area contributed by atoms with Gasteiger partial charge in [0.2, 0.25) is 0 Å². The summed E-state index contributed by atoms with van der Waals surface area (Å²) in [5.74, 6) is 1.00. The third-order valence-electron chi connectivity index (χ3n) is 8.60. The zero-order chi connectivity index (χ0) is 23.9. The monoisotopic (exact) mass is 475 g/mol. The maximum absolute atomic E-state index is 13.2. The fourth-order valence-electron chi connectivity index (χ4n) is 6.80. The molecule has 2 amide bonds. The van der Waals surface area contributed by atoms with Gasteiger partial charge in [-0.3, -0.25) is 20.3 Å². The minimum Gasteiger partial charge on any atom is -0.335 e. The van der Waals surface area contributed by atoms with Crippen molar-refractivity contribution in [3.63, 3.8) is 0 Å². The SMILES string of the molecule is Cc1ccc(CN2CCC[C@@H](N3CC4CC5C(CC4NC3=O)NNC5c3ccnc(C)c3)C2)cn1. The summed E-state index contributed by atoms with van der Waals surface area (Å²) < 4.78 is 0. The molecule has 0 aromatic carbocycles. The van der Waals surface area contributed by atoms with Gasteiger partial charge in [-0.25, -0.2) is 10.2 Å². The van der Waals surface area contributed by atoms with Crippen LogP contribution in [-0.4, -0.2) is 63.6 Å². The lowest BCUT2D eigenvalue weighted by molar-refractivity contribution is 0.0523. The van der Waals surface area contributed by atoms with Gasteiger partial charge < -0.3 is 10.2 Å². The van der Waals surface area contributed by atoms with Gasteiger partial charge in [0.1, 0.15) is 0 Å². The summed E-state index contributed by atoms with van der Waals surface area (Å²) in [7, 11) is 0. The quantitative estimate of drug-likeness (QED) is 0.631. The molecule has 4 fully saturated rings. The van der Waals surface area contributed by atoms with E-state index < -0.39 is 0 Å². The predicted octanol–water partition coefficient (Wildman–Crippen LogP) is 2.70. The molecule has 3 aliphatic heterocycles. The highest BCUT2D eigenvalue weighted by Gasteiger charge is 2.48. The first-order valence-corrected chi connectivity index (χ1v) is 13.2. The maximum Gasteiger partial charge on any atom is 0.317 e. The number of aromatic nitrogens is 2. The lowest BCUT2D eigenvalue weighted by Gasteiger charge is -2.49. The van der Waals surface area contributed by atoms with Gasteiger partial charge >= 0.3 is 6.03 Å². The zero-order valence-electron chi connectivity index (χ0n) is 20.8. The van der Waals surface area contributed by atoms with Crippen LogP contribution in [-0.2, 0) is 6.54 Å². The summed E-state index contributed by atoms with van der Waals surface area (Å²) in [5.41, 5.74) is 11.7. The molecule has 5 unspecified atom stereocenters. The molecular formula is C27H37N7O. The number of aryl methyl sites for hydroxylation is 2. The van der Waals surface area contributed by atoms with Crippen LogP contribution in [0.15, 0.2) is 36.7 Å². The Balaban J connectivity index is 1.12. The standard InChI is InChI=1S/C27H37N7O/c1-17-5-6-19(13-29-17)14-33-9-3-4-22(16-33)34-15-21-11-23-25(12-24(21)30-27(34)35)31-32-26(23)20-7-8-28-18(2)10-20/h5-8,10,13,21-26,31-32H,3-4,9,11-12,14-16H2,1-2H3,(H,30,35)/t21?,22-,23?,24?,25?,26?/m1/s1. The first-order valence-electron chi connectivity index (χ1n) is 13.2. The highest BCUT2D eigenvalue weighted by atomic mass is 16.2. The molecule has 3 saturated heterocycles. The number of hydrazine groups is 1. The fourth-order valence-corrected chi connectivity index (χ4v) is 6.80. The second-order valence-electron chi connectivity index (χ2n) is 11.0. The molecule has 5 heterocycles. The molecule has 4 aliphatic rings. The van der Waals surface area contributed by atoms with E-state index in [-0.39, 0.29) is 18.1 Å². The number of nitrogens with zero attached hydrogens (tertiary/aromatic N) is 4. The van der Waals surface area contributed by atoms with Crippen LogP contribution in [0.2, 0.25) is 0 Å². The van der Waals surface area contributed by atoms with Gasteiger partial charge in [0.05, 0.1) is 6.04 Å². The van der Waals surface area contributed by atoms with Crippen LogP contribution in [0.4, 0.5) is 4.79 Å². The number of fused-ring (bicyclic) bond motifs is 2. The summed E-state index contributed by atoms with van der Waals surface area (Å²) in [6, 6.07) is 9.92. The lowest BCUT2D eigenvalue weighted by Crippen LogP contribution is -2.64. The van der Waals surface area contributed by atoms with Crippen LogP contribution in [0, 0.1) is 25.7 Å². The minimum absolute atomic E-state index is 0.126. The number of carbonyl (C=O) groups is 1. The smallest absolute Gasteiger partial charge is 0.317 e. The summed E-state index contributed by atoms with van der Waals surface area (Å²) in [4.78, 5) is 26.7. The fraction of sp³-hybridized carbons (Fsp3) is 0.593. The molecule has 6 rings (SSSR count). The normalized spacial score (nSPS) is 33.2. The minimum atomic E-state index is 0.126. The number of carbonyl (C=O) groups excluding carboxylic acids is 1. The lowest BCUT2D eigenvalue weighted by atomic mass is 9.71. The van der Waals surface area contributed by atoms with Crippen molar-refractivity contribution in [1.29, 1.82) is 0 Å². The number of hydrogen-bond donors (Lipinski definition) is 3. The first-order chi connectivity index (χ1) is 17.0. The molecule has 1 saturated carbocycles. The van der Waals surface area contributed by atoms with Crippen LogP contribution in [0.25, 0.3) is 0 Å². The molecule has 1 aliphatic carbocycles. The van der Waals surface area contributed by atoms with Gasteiger partial charge in [-0.15, -0.1) is 0 Å². The summed E-state index contributed by atoms with van der Waals surface area (Å²) in [6.07, 6.45) is 8.21. The highest BCUT2D eigenvalue weighted by Crippen LogP contribution is 2.42. The Morgan fingerprint density at radius 3 is 2.77 bits per heavy atom. The van der Waals surface area contributed by atoms with Crippen molar-refractivity contribution in [3.05, 3.63) is 59.2 Å². The Hall–Kier alpha value is -2.55. The Morgan fingerprint density at radius 2 is 1.94 bits per heavy atom. The topological polar surface area (TPSA) is 85.4 Å². The highest BCUT2D eigenvalue weighted by molar-refractivity contribution is 5.76. The van der Waals surface area contributed by atoms with E-state index in [0.29, 0.717) is 23.9 Å². The van der Waals surface area contributed by atoms with Crippen molar-refractivity contribution in [2.24, 2.45) is 11.8 Å². The number of likely N-dealkylation sites (tertiary alicyclic amines) is 1. The molecule has 2 aromatic heterocycles. The van der Waals surface area contributed by atoms with Gasteiger partial charge in [0, 0.05) is 61.5 Å². The van der Waals surface area contributed by atoms with E-state index >= 15 is 0 Å². The van der Waals surface area contributed by atoms with Gasteiger partial charge in [-0.05, 0) is 87.2 Å². The Kier molecular flexibility index (Phi) is 6.20. The van der Waals surface area contributed by atoms with Crippen molar-refractivity contribution in [1.82, 2.24) is 35.9 Å². The van der Waals surface area contributed by atoms with Crippen LogP contribution >= 0.6 is 0 Å². The van der Waals surface area contributed by atoms with E-state index in [0.717, 1.165) is 63.3 Å². The molecule has 8 nitrogen and oxygen atoms in total. The van der Waals surface area contributed by atoms with E-state index in [1.807, 2.05) is 19.3 Å². The number of piperidine rings is 1. The number of urea groups is 1. The van der Waals surface area contributed by atoms with E-state index in [9.17, 15) is 4.79 Å². The largest absolute Gasteiger partial charge is 0.335 e. The van der Waals surface area contributed by atoms with Crippen molar-refractivity contribution < 1.29 is 4.79 Å². The third kappa shape index (κ3) is 4.67. The number of hydrogen-bond acceptors (Lipinski definition) is 6.